The highest BCUT2D eigenvalue weighted by Gasteiger charge is 2.05. The van der Waals surface area contributed by atoms with Crippen LogP contribution in [0.4, 0.5) is 5.69 Å². The monoisotopic (exact) mass is 275 g/mol. The van der Waals surface area contributed by atoms with E-state index >= 15 is 0 Å². The average Bonchev–Trinajstić information content (AvgIpc) is 2.80. The van der Waals surface area contributed by atoms with Crippen LogP contribution in [-0.2, 0) is 18.4 Å². The van der Waals surface area contributed by atoms with Gasteiger partial charge in [-0.15, -0.1) is 11.8 Å². The minimum Gasteiger partial charge on any atom is -0.379 e. The van der Waals surface area contributed by atoms with Gasteiger partial charge in [-0.2, -0.15) is 0 Å². The van der Waals surface area contributed by atoms with Crippen molar-refractivity contribution in [2.45, 2.75) is 11.4 Å². The summed E-state index contributed by atoms with van der Waals surface area (Å²) in [6.45, 7) is 0.748. The summed E-state index contributed by atoms with van der Waals surface area (Å²) in [6.07, 6.45) is 2.02. The number of para-hydroxylation sites is 1. The standard InChI is InChI=1S/C14H17N3OS/c1-17-8-4-5-11(17)9-16-12-6-2-3-7-13(12)19-10-14(15)18/h2-8,16H,9-10H2,1H3,(H2,15,18). The first-order valence-electron chi connectivity index (χ1n) is 6.01. The lowest BCUT2D eigenvalue weighted by molar-refractivity contribution is -0.115. The van der Waals surface area contributed by atoms with E-state index in [9.17, 15) is 4.79 Å². The first kappa shape index (κ1) is 13.5. The van der Waals surface area contributed by atoms with Gasteiger partial charge in [0.15, 0.2) is 0 Å². The van der Waals surface area contributed by atoms with Gasteiger partial charge < -0.3 is 15.6 Å². The number of aryl methyl sites for hydroxylation is 1. The predicted octanol–water partition coefficient (Wildman–Crippen LogP) is 2.21. The molecule has 0 saturated heterocycles. The molecule has 0 bridgehead atoms. The van der Waals surface area contributed by atoms with Gasteiger partial charge in [0.25, 0.3) is 0 Å². The number of primary amides is 1. The van der Waals surface area contributed by atoms with E-state index in [1.165, 1.54) is 17.5 Å². The van der Waals surface area contributed by atoms with E-state index in [0.717, 1.165) is 17.1 Å². The van der Waals surface area contributed by atoms with Gasteiger partial charge in [0.1, 0.15) is 0 Å². The number of rotatable bonds is 6. The molecule has 0 radical (unpaired) electrons. The highest BCUT2D eigenvalue weighted by molar-refractivity contribution is 8.00. The second-order valence-corrected chi connectivity index (χ2v) is 5.23. The summed E-state index contributed by atoms with van der Waals surface area (Å²) in [4.78, 5) is 11.9. The van der Waals surface area contributed by atoms with Crippen molar-refractivity contribution in [2.24, 2.45) is 12.8 Å². The molecule has 2 rings (SSSR count). The lowest BCUT2D eigenvalue weighted by Crippen LogP contribution is -2.13. The zero-order chi connectivity index (χ0) is 13.7. The molecule has 2 aromatic rings. The summed E-state index contributed by atoms with van der Waals surface area (Å²) in [7, 11) is 2.02. The second-order valence-electron chi connectivity index (χ2n) is 4.22. The lowest BCUT2D eigenvalue weighted by atomic mass is 10.3. The van der Waals surface area contributed by atoms with Gasteiger partial charge in [0, 0.05) is 29.5 Å². The summed E-state index contributed by atoms with van der Waals surface area (Å²) >= 11 is 1.45. The van der Waals surface area contributed by atoms with E-state index in [2.05, 4.69) is 16.0 Å². The summed E-state index contributed by atoms with van der Waals surface area (Å²) < 4.78 is 2.08. The first-order chi connectivity index (χ1) is 9.16. The van der Waals surface area contributed by atoms with Crippen LogP contribution in [0.3, 0.4) is 0 Å². The summed E-state index contributed by atoms with van der Waals surface area (Å²) in [5, 5.41) is 3.39. The molecule has 1 amide bonds. The lowest BCUT2D eigenvalue weighted by Gasteiger charge is -2.11. The Labute approximate surface area is 117 Å². The molecular weight excluding hydrogens is 258 g/mol. The third-order valence-corrected chi connectivity index (χ3v) is 3.86. The van der Waals surface area contributed by atoms with Gasteiger partial charge >= 0.3 is 0 Å². The molecule has 0 spiro atoms. The van der Waals surface area contributed by atoms with Crippen molar-refractivity contribution in [1.82, 2.24) is 4.57 Å². The molecule has 1 aromatic heterocycles. The quantitative estimate of drug-likeness (QED) is 0.795. The molecule has 19 heavy (non-hydrogen) atoms. The van der Waals surface area contributed by atoms with Crippen LogP contribution in [0.1, 0.15) is 5.69 Å². The largest absolute Gasteiger partial charge is 0.379 e. The van der Waals surface area contributed by atoms with Crippen molar-refractivity contribution in [1.29, 1.82) is 0 Å². The van der Waals surface area contributed by atoms with Crippen LogP contribution in [0, 0.1) is 0 Å². The second kappa shape index (κ2) is 6.33. The van der Waals surface area contributed by atoms with Crippen molar-refractivity contribution < 1.29 is 4.79 Å². The fourth-order valence-electron chi connectivity index (χ4n) is 1.75. The molecular formula is C14H17N3OS. The number of hydrogen-bond acceptors (Lipinski definition) is 3. The predicted molar refractivity (Wildman–Crippen MR) is 79.1 cm³/mol. The van der Waals surface area contributed by atoms with Crippen LogP contribution in [0.15, 0.2) is 47.5 Å². The number of nitrogens with two attached hydrogens (primary N) is 1. The van der Waals surface area contributed by atoms with Crippen LogP contribution in [0.2, 0.25) is 0 Å². The van der Waals surface area contributed by atoms with Gasteiger partial charge in [0.2, 0.25) is 5.91 Å². The number of thioether (sulfide) groups is 1. The van der Waals surface area contributed by atoms with Gasteiger partial charge in [-0.3, -0.25) is 4.79 Å². The summed E-state index contributed by atoms with van der Waals surface area (Å²) in [5.41, 5.74) is 7.40. The Hall–Kier alpha value is -1.88. The number of carbonyl (C=O) groups excluding carboxylic acids is 1. The molecule has 0 saturated carbocycles. The summed E-state index contributed by atoms with van der Waals surface area (Å²) in [6, 6.07) is 12.0. The highest BCUT2D eigenvalue weighted by atomic mass is 32.2. The van der Waals surface area contributed by atoms with Gasteiger partial charge in [0.05, 0.1) is 12.3 Å². The van der Waals surface area contributed by atoms with E-state index in [4.69, 9.17) is 5.73 Å². The van der Waals surface area contributed by atoms with Gasteiger partial charge in [-0.05, 0) is 24.3 Å². The van der Waals surface area contributed by atoms with Crippen molar-refractivity contribution >= 4 is 23.4 Å². The Kier molecular flexibility index (Phi) is 4.52. The van der Waals surface area contributed by atoms with Gasteiger partial charge in [-0.25, -0.2) is 0 Å². The number of carbonyl (C=O) groups is 1. The molecule has 0 atom stereocenters. The van der Waals surface area contributed by atoms with Crippen LogP contribution in [-0.4, -0.2) is 16.2 Å². The van der Waals surface area contributed by atoms with Crippen molar-refractivity contribution in [3.05, 3.63) is 48.3 Å². The molecule has 0 aliphatic rings. The first-order valence-corrected chi connectivity index (χ1v) is 6.99. The van der Waals surface area contributed by atoms with Crippen molar-refractivity contribution in [2.75, 3.05) is 11.1 Å². The van der Waals surface area contributed by atoms with Crippen molar-refractivity contribution in [3.8, 4) is 0 Å². The Bertz CT molecular complexity index is 565. The smallest absolute Gasteiger partial charge is 0.227 e. The number of benzene rings is 1. The number of anilines is 1. The zero-order valence-corrected chi connectivity index (χ0v) is 11.6. The molecule has 1 aromatic carbocycles. The maximum Gasteiger partial charge on any atom is 0.227 e. The Morgan fingerprint density at radius 3 is 2.79 bits per heavy atom. The molecule has 0 fully saturated rings. The minimum atomic E-state index is -0.303. The van der Waals surface area contributed by atoms with E-state index in [1.807, 2.05) is 43.6 Å². The number of aromatic nitrogens is 1. The third kappa shape index (κ3) is 3.79. The molecule has 100 valence electrons. The number of nitrogens with one attached hydrogen (secondary N) is 1. The fraction of sp³-hybridized carbons (Fsp3) is 0.214. The topological polar surface area (TPSA) is 60.1 Å². The molecule has 1 heterocycles. The molecule has 3 N–H and O–H groups in total. The third-order valence-electron chi connectivity index (χ3n) is 2.77. The Morgan fingerprint density at radius 1 is 1.32 bits per heavy atom. The maximum absolute atomic E-state index is 10.9. The molecule has 0 unspecified atom stereocenters. The number of nitrogens with zero attached hydrogens (tertiary/aromatic N) is 1. The highest BCUT2D eigenvalue weighted by Crippen LogP contribution is 2.27. The Balaban J connectivity index is 2.03. The minimum absolute atomic E-state index is 0.294. The molecule has 0 aliphatic carbocycles. The fourth-order valence-corrected chi connectivity index (χ4v) is 2.52. The molecule has 5 heteroatoms. The molecule has 4 nitrogen and oxygen atoms in total. The van der Waals surface area contributed by atoms with E-state index in [-0.39, 0.29) is 5.91 Å². The Morgan fingerprint density at radius 2 is 2.11 bits per heavy atom. The van der Waals surface area contributed by atoms with Crippen LogP contribution < -0.4 is 11.1 Å². The number of amides is 1. The van der Waals surface area contributed by atoms with E-state index in [0.29, 0.717) is 5.75 Å². The van der Waals surface area contributed by atoms with Crippen LogP contribution in [0.25, 0.3) is 0 Å². The number of hydrogen-bond donors (Lipinski definition) is 2. The normalized spacial score (nSPS) is 10.4. The van der Waals surface area contributed by atoms with Gasteiger partial charge in [-0.1, -0.05) is 12.1 Å². The maximum atomic E-state index is 10.9. The molecule has 0 aliphatic heterocycles. The van der Waals surface area contributed by atoms with Crippen LogP contribution in [0.5, 0.6) is 0 Å². The average molecular weight is 275 g/mol. The SMILES string of the molecule is Cn1cccc1CNc1ccccc1SCC(N)=O. The van der Waals surface area contributed by atoms with Crippen LogP contribution >= 0.6 is 11.8 Å². The summed E-state index contributed by atoms with van der Waals surface area (Å²) in [5.74, 6) is -0.00899. The van der Waals surface area contributed by atoms with Crippen molar-refractivity contribution in [3.63, 3.8) is 0 Å². The van der Waals surface area contributed by atoms with E-state index in [1.54, 1.807) is 0 Å². The van der Waals surface area contributed by atoms with E-state index < -0.39 is 0 Å². The zero-order valence-electron chi connectivity index (χ0n) is 10.8.